The summed E-state index contributed by atoms with van der Waals surface area (Å²) in [5.74, 6) is 0.893. The Hall–Kier alpha value is -2.08. The summed E-state index contributed by atoms with van der Waals surface area (Å²) in [4.78, 5) is 26.8. The van der Waals surface area contributed by atoms with Crippen LogP contribution in [0.3, 0.4) is 0 Å². The van der Waals surface area contributed by atoms with Crippen LogP contribution in [0.1, 0.15) is 43.0 Å². The predicted molar refractivity (Wildman–Crippen MR) is 98.2 cm³/mol. The van der Waals surface area contributed by atoms with E-state index in [1.807, 2.05) is 36.1 Å². The van der Waals surface area contributed by atoms with Crippen LogP contribution in [0.2, 0.25) is 0 Å². The first-order valence-electron chi connectivity index (χ1n) is 9.57. The Kier molecular flexibility index (Phi) is 6.50. The van der Waals surface area contributed by atoms with Gasteiger partial charge in [-0.25, -0.2) is 0 Å². The van der Waals surface area contributed by atoms with E-state index in [1.165, 1.54) is 0 Å². The standard InChI is InChI=1S/C20H28N2O4/c1-2-26-18-7-5-15(6-8-18)20(24)22-11-9-17(10-12-22)21-19(23)16-4-3-13-25-14-16/h5-8,16-17H,2-4,9-14H2,1H3,(H,21,23). The van der Waals surface area contributed by atoms with Crippen molar-refractivity contribution in [1.29, 1.82) is 0 Å². The van der Waals surface area contributed by atoms with E-state index >= 15 is 0 Å². The molecule has 142 valence electrons. The summed E-state index contributed by atoms with van der Waals surface area (Å²) in [5.41, 5.74) is 0.676. The quantitative estimate of drug-likeness (QED) is 0.874. The SMILES string of the molecule is CCOc1ccc(C(=O)N2CCC(NC(=O)C3CCCOC3)CC2)cc1. The molecule has 2 amide bonds. The van der Waals surface area contributed by atoms with Gasteiger partial charge in [0, 0.05) is 31.3 Å². The van der Waals surface area contributed by atoms with Crippen molar-refractivity contribution in [3.05, 3.63) is 29.8 Å². The van der Waals surface area contributed by atoms with Crippen LogP contribution in [-0.2, 0) is 9.53 Å². The molecule has 0 aliphatic carbocycles. The van der Waals surface area contributed by atoms with Crippen LogP contribution in [0.5, 0.6) is 5.75 Å². The highest BCUT2D eigenvalue weighted by Gasteiger charge is 2.28. The molecule has 0 saturated carbocycles. The lowest BCUT2D eigenvalue weighted by atomic mass is 9.99. The zero-order chi connectivity index (χ0) is 18.4. The first-order chi connectivity index (χ1) is 12.7. The number of ether oxygens (including phenoxy) is 2. The number of nitrogens with zero attached hydrogens (tertiary/aromatic N) is 1. The van der Waals surface area contributed by atoms with E-state index in [9.17, 15) is 9.59 Å². The minimum absolute atomic E-state index is 0.0211. The zero-order valence-electron chi connectivity index (χ0n) is 15.4. The van der Waals surface area contributed by atoms with Gasteiger partial charge in [-0.2, -0.15) is 0 Å². The molecule has 1 aromatic rings. The van der Waals surface area contributed by atoms with Crippen molar-refractivity contribution < 1.29 is 19.1 Å². The predicted octanol–water partition coefficient (Wildman–Crippen LogP) is 2.23. The van der Waals surface area contributed by atoms with Crippen molar-refractivity contribution in [1.82, 2.24) is 10.2 Å². The third-order valence-electron chi connectivity index (χ3n) is 5.07. The molecule has 1 unspecified atom stereocenters. The zero-order valence-corrected chi connectivity index (χ0v) is 15.4. The smallest absolute Gasteiger partial charge is 0.253 e. The van der Waals surface area contributed by atoms with Gasteiger partial charge in [-0.1, -0.05) is 0 Å². The molecule has 0 radical (unpaired) electrons. The molecule has 2 aliphatic rings. The van der Waals surface area contributed by atoms with Crippen LogP contribution in [0.4, 0.5) is 0 Å². The summed E-state index contributed by atoms with van der Waals surface area (Å²) in [6.45, 7) is 5.16. The largest absolute Gasteiger partial charge is 0.494 e. The van der Waals surface area contributed by atoms with Gasteiger partial charge in [0.2, 0.25) is 5.91 Å². The molecule has 2 aliphatic heterocycles. The molecule has 0 spiro atoms. The average molecular weight is 360 g/mol. The molecule has 6 heteroatoms. The van der Waals surface area contributed by atoms with E-state index in [0.717, 1.165) is 38.0 Å². The molecular weight excluding hydrogens is 332 g/mol. The molecule has 2 saturated heterocycles. The fourth-order valence-corrected chi connectivity index (χ4v) is 3.54. The maximum Gasteiger partial charge on any atom is 0.253 e. The van der Waals surface area contributed by atoms with Crippen molar-refractivity contribution in [2.75, 3.05) is 32.9 Å². The number of carbonyl (C=O) groups is 2. The molecule has 3 rings (SSSR count). The molecule has 6 nitrogen and oxygen atoms in total. The Morgan fingerprint density at radius 3 is 2.54 bits per heavy atom. The van der Waals surface area contributed by atoms with Gasteiger partial charge in [-0.05, 0) is 56.9 Å². The van der Waals surface area contributed by atoms with Crippen LogP contribution in [-0.4, -0.2) is 55.7 Å². The maximum atomic E-state index is 12.6. The number of hydrogen-bond donors (Lipinski definition) is 1. The fraction of sp³-hybridized carbons (Fsp3) is 0.600. The lowest BCUT2D eigenvalue weighted by molar-refractivity contribution is -0.129. The number of carbonyl (C=O) groups excluding carboxylic acids is 2. The number of hydrogen-bond acceptors (Lipinski definition) is 4. The third-order valence-corrected chi connectivity index (χ3v) is 5.07. The highest BCUT2D eigenvalue weighted by atomic mass is 16.5. The summed E-state index contributed by atoms with van der Waals surface area (Å²) < 4.78 is 10.8. The molecule has 1 N–H and O–H groups in total. The first kappa shape index (κ1) is 18.7. The Morgan fingerprint density at radius 2 is 1.92 bits per heavy atom. The summed E-state index contributed by atoms with van der Waals surface area (Å²) >= 11 is 0. The minimum atomic E-state index is -0.0211. The molecular formula is C20H28N2O4. The number of likely N-dealkylation sites (tertiary alicyclic amines) is 1. The molecule has 1 atom stereocenters. The van der Waals surface area contributed by atoms with Gasteiger partial charge in [0.1, 0.15) is 5.75 Å². The maximum absolute atomic E-state index is 12.6. The summed E-state index contributed by atoms with van der Waals surface area (Å²) in [6.07, 6.45) is 3.44. The normalized spacial score (nSPS) is 21.3. The number of piperidine rings is 1. The number of benzene rings is 1. The van der Waals surface area contributed by atoms with Crippen LogP contribution < -0.4 is 10.1 Å². The van der Waals surface area contributed by atoms with Crippen LogP contribution in [0.15, 0.2) is 24.3 Å². The van der Waals surface area contributed by atoms with Crippen LogP contribution >= 0.6 is 0 Å². The van der Waals surface area contributed by atoms with Crippen molar-refractivity contribution in [3.63, 3.8) is 0 Å². The number of nitrogens with one attached hydrogen (secondary N) is 1. The van der Waals surface area contributed by atoms with E-state index in [2.05, 4.69) is 5.32 Å². The van der Waals surface area contributed by atoms with E-state index < -0.39 is 0 Å². The van der Waals surface area contributed by atoms with Gasteiger partial charge >= 0.3 is 0 Å². The first-order valence-corrected chi connectivity index (χ1v) is 9.57. The Morgan fingerprint density at radius 1 is 1.19 bits per heavy atom. The minimum Gasteiger partial charge on any atom is -0.494 e. The molecule has 0 aromatic heterocycles. The van der Waals surface area contributed by atoms with Crippen LogP contribution in [0, 0.1) is 5.92 Å². The van der Waals surface area contributed by atoms with Crippen molar-refractivity contribution in [2.24, 2.45) is 5.92 Å². The second-order valence-electron chi connectivity index (χ2n) is 6.95. The molecule has 2 fully saturated rings. The highest BCUT2D eigenvalue weighted by molar-refractivity contribution is 5.94. The highest BCUT2D eigenvalue weighted by Crippen LogP contribution is 2.19. The molecule has 1 aromatic carbocycles. The second kappa shape index (κ2) is 9.03. The summed E-state index contributed by atoms with van der Waals surface area (Å²) in [6, 6.07) is 7.43. The molecule has 2 heterocycles. The van der Waals surface area contributed by atoms with Gasteiger partial charge < -0.3 is 19.7 Å². The van der Waals surface area contributed by atoms with Crippen molar-refractivity contribution in [3.8, 4) is 5.75 Å². The molecule has 0 bridgehead atoms. The Bertz CT molecular complexity index is 603. The van der Waals surface area contributed by atoms with Crippen molar-refractivity contribution >= 4 is 11.8 Å². The fourth-order valence-electron chi connectivity index (χ4n) is 3.54. The average Bonchev–Trinajstić information content (AvgIpc) is 2.69. The summed E-state index contributed by atoms with van der Waals surface area (Å²) in [7, 11) is 0. The molecule has 26 heavy (non-hydrogen) atoms. The summed E-state index contributed by atoms with van der Waals surface area (Å²) in [5, 5.41) is 3.14. The number of rotatable bonds is 5. The van der Waals surface area contributed by atoms with E-state index in [0.29, 0.717) is 31.9 Å². The second-order valence-corrected chi connectivity index (χ2v) is 6.95. The van der Waals surface area contributed by atoms with Crippen molar-refractivity contribution in [2.45, 2.75) is 38.6 Å². The van der Waals surface area contributed by atoms with Gasteiger partial charge in [0.15, 0.2) is 0 Å². The van der Waals surface area contributed by atoms with Gasteiger partial charge in [0.25, 0.3) is 5.91 Å². The lowest BCUT2D eigenvalue weighted by Gasteiger charge is -2.33. The topological polar surface area (TPSA) is 67.9 Å². The van der Waals surface area contributed by atoms with E-state index in [4.69, 9.17) is 9.47 Å². The van der Waals surface area contributed by atoms with E-state index in [-0.39, 0.29) is 23.8 Å². The Labute approximate surface area is 154 Å². The number of amides is 2. The van der Waals surface area contributed by atoms with Gasteiger partial charge in [-0.15, -0.1) is 0 Å². The van der Waals surface area contributed by atoms with E-state index in [1.54, 1.807) is 0 Å². The van der Waals surface area contributed by atoms with Crippen LogP contribution in [0.25, 0.3) is 0 Å². The lowest BCUT2D eigenvalue weighted by Crippen LogP contribution is -2.48. The Balaban J connectivity index is 1.46. The third kappa shape index (κ3) is 4.75. The van der Waals surface area contributed by atoms with Gasteiger partial charge in [-0.3, -0.25) is 9.59 Å². The monoisotopic (exact) mass is 360 g/mol. The van der Waals surface area contributed by atoms with Gasteiger partial charge in [0.05, 0.1) is 19.1 Å².